The molecule has 0 bridgehead atoms. The van der Waals surface area contributed by atoms with Gasteiger partial charge in [0.2, 0.25) is 0 Å². The van der Waals surface area contributed by atoms with Crippen molar-refractivity contribution in [3.63, 3.8) is 0 Å². The van der Waals surface area contributed by atoms with Crippen molar-refractivity contribution in [2.45, 2.75) is 76.4 Å². The molecule has 3 aliphatic heterocycles. The van der Waals surface area contributed by atoms with Crippen LogP contribution in [0.2, 0.25) is 0 Å². The normalized spacial score (nSPS) is 42.9. The smallest absolute Gasteiger partial charge is 0.264 e. The molecular formula is C13H22O8S. The third kappa shape index (κ3) is 3.30. The maximum atomic E-state index is 11.0. The molecule has 3 saturated heterocycles. The van der Waals surface area contributed by atoms with Gasteiger partial charge in [0.1, 0.15) is 18.3 Å². The Bertz CT molecular complexity index is 542. The van der Waals surface area contributed by atoms with Crippen molar-refractivity contribution in [1.29, 1.82) is 0 Å². The van der Waals surface area contributed by atoms with Crippen LogP contribution < -0.4 is 0 Å². The Kier molecular flexibility index (Phi) is 3.84. The highest BCUT2D eigenvalue weighted by atomic mass is 32.2. The van der Waals surface area contributed by atoms with Gasteiger partial charge in [0.15, 0.2) is 17.9 Å². The van der Waals surface area contributed by atoms with Crippen LogP contribution >= 0.6 is 0 Å². The van der Waals surface area contributed by atoms with Crippen LogP contribution in [-0.4, -0.2) is 61.0 Å². The molecule has 0 unspecified atom stereocenters. The van der Waals surface area contributed by atoms with Gasteiger partial charge in [0, 0.05) is 0 Å². The number of rotatable bonds is 3. The third-order valence-electron chi connectivity index (χ3n) is 3.91. The summed E-state index contributed by atoms with van der Waals surface area (Å²) in [6, 6.07) is 0. The van der Waals surface area contributed by atoms with Crippen molar-refractivity contribution >= 4 is 10.1 Å². The average Bonchev–Trinajstić information content (AvgIpc) is 2.79. The highest BCUT2D eigenvalue weighted by Crippen LogP contribution is 2.44. The van der Waals surface area contributed by atoms with E-state index < -0.39 is 58.2 Å². The summed E-state index contributed by atoms with van der Waals surface area (Å²) in [4.78, 5) is 0. The van der Waals surface area contributed by atoms with E-state index in [-0.39, 0.29) is 6.42 Å². The molecule has 3 heterocycles. The molecule has 1 N–H and O–H groups in total. The summed E-state index contributed by atoms with van der Waals surface area (Å²) in [6.07, 6.45) is -2.46. The summed E-state index contributed by atoms with van der Waals surface area (Å²) >= 11 is 0. The van der Waals surface area contributed by atoms with E-state index in [9.17, 15) is 8.42 Å². The van der Waals surface area contributed by atoms with E-state index in [2.05, 4.69) is 0 Å². The van der Waals surface area contributed by atoms with Gasteiger partial charge in [-0.1, -0.05) is 0 Å². The van der Waals surface area contributed by atoms with Crippen LogP contribution in [0, 0.1) is 0 Å². The second-order valence-corrected chi connectivity index (χ2v) is 8.35. The van der Waals surface area contributed by atoms with Gasteiger partial charge in [-0.05, 0) is 34.1 Å². The average molecular weight is 338 g/mol. The lowest BCUT2D eigenvalue weighted by molar-refractivity contribution is -0.233. The quantitative estimate of drug-likeness (QED) is 0.749. The van der Waals surface area contributed by atoms with Crippen molar-refractivity contribution in [2.24, 2.45) is 0 Å². The van der Waals surface area contributed by atoms with Crippen LogP contribution in [0.1, 0.15) is 34.1 Å². The van der Waals surface area contributed by atoms with Crippen LogP contribution in [0.25, 0.3) is 0 Å². The third-order valence-corrected chi connectivity index (χ3v) is 4.66. The fourth-order valence-electron chi connectivity index (χ4n) is 3.19. The van der Waals surface area contributed by atoms with E-state index in [1.807, 2.05) is 0 Å². The number of ether oxygens (including phenoxy) is 5. The summed E-state index contributed by atoms with van der Waals surface area (Å²) in [6.45, 7) is 7.11. The van der Waals surface area contributed by atoms with Crippen LogP contribution in [0.5, 0.6) is 0 Å². The lowest BCUT2D eigenvalue weighted by atomic mass is 9.97. The first-order valence-electron chi connectivity index (χ1n) is 7.28. The monoisotopic (exact) mass is 338 g/mol. The molecule has 5 atom stereocenters. The molecule has 0 radical (unpaired) electrons. The molecule has 0 aromatic rings. The van der Waals surface area contributed by atoms with Crippen LogP contribution in [0.3, 0.4) is 0 Å². The number of fused-ring (bicyclic) bond motifs is 3. The molecule has 22 heavy (non-hydrogen) atoms. The maximum Gasteiger partial charge on any atom is 0.264 e. The Hall–Kier alpha value is -0.290. The van der Waals surface area contributed by atoms with Gasteiger partial charge in [-0.15, -0.1) is 0 Å². The zero-order valence-corrected chi connectivity index (χ0v) is 13.8. The van der Waals surface area contributed by atoms with Gasteiger partial charge >= 0.3 is 0 Å². The molecule has 0 saturated carbocycles. The summed E-state index contributed by atoms with van der Waals surface area (Å²) in [7, 11) is -4.07. The molecule has 8 nitrogen and oxygen atoms in total. The minimum atomic E-state index is -4.07. The Morgan fingerprint density at radius 3 is 2.09 bits per heavy atom. The highest BCUT2D eigenvalue weighted by Gasteiger charge is 2.60. The van der Waals surface area contributed by atoms with Crippen molar-refractivity contribution in [3.8, 4) is 0 Å². The van der Waals surface area contributed by atoms with Crippen molar-refractivity contribution in [1.82, 2.24) is 0 Å². The minimum Gasteiger partial charge on any atom is -0.344 e. The molecule has 9 heteroatoms. The summed E-state index contributed by atoms with van der Waals surface area (Å²) < 4.78 is 60.0. The lowest BCUT2D eigenvalue weighted by Crippen LogP contribution is -2.55. The van der Waals surface area contributed by atoms with E-state index in [0.29, 0.717) is 0 Å². The van der Waals surface area contributed by atoms with Gasteiger partial charge in [-0.3, -0.25) is 4.55 Å². The second kappa shape index (κ2) is 5.10. The molecule has 3 aliphatic rings. The Morgan fingerprint density at radius 2 is 1.45 bits per heavy atom. The molecule has 0 spiro atoms. The van der Waals surface area contributed by atoms with Gasteiger partial charge in [-0.25, -0.2) is 0 Å². The van der Waals surface area contributed by atoms with Gasteiger partial charge < -0.3 is 23.7 Å². The Labute approximate surface area is 129 Å². The standard InChI is InChI=1S/C13H22O8S/c1-12(2)18-8-7(5-6-22(14,15)16)17-11-10(9(8)19-12)20-13(3,4)21-11/h7-11H,5-6H2,1-4H3,(H,14,15,16)/t7-,8+,9+,10-,11-/m1/s1. The predicted molar refractivity (Wildman–Crippen MR) is 73.6 cm³/mol. The van der Waals surface area contributed by atoms with E-state index in [1.165, 1.54) is 0 Å². The molecule has 0 aliphatic carbocycles. The number of hydrogen-bond acceptors (Lipinski definition) is 7. The zero-order chi connectivity index (χ0) is 16.3. The SMILES string of the molecule is CC1(C)O[C@H]2[C@@H](O1)[C@@H](CCS(=O)(=O)O)O[C@@H]1OC(C)(C)O[C@@H]12. The second-order valence-electron chi connectivity index (χ2n) is 6.78. The molecule has 128 valence electrons. The van der Waals surface area contributed by atoms with Crippen molar-refractivity contribution in [2.75, 3.05) is 5.75 Å². The first-order valence-corrected chi connectivity index (χ1v) is 8.89. The van der Waals surface area contributed by atoms with Crippen molar-refractivity contribution in [3.05, 3.63) is 0 Å². The van der Waals surface area contributed by atoms with E-state index in [4.69, 9.17) is 28.2 Å². The predicted octanol–water partition coefficient (Wildman–Crippen LogP) is 0.661. The van der Waals surface area contributed by atoms with E-state index in [1.54, 1.807) is 27.7 Å². The Balaban J connectivity index is 1.81. The topological polar surface area (TPSA) is 101 Å². The van der Waals surface area contributed by atoms with Crippen LogP contribution in [0.15, 0.2) is 0 Å². The van der Waals surface area contributed by atoms with E-state index >= 15 is 0 Å². The largest absolute Gasteiger partial charge is 0.344 e. The fraction of sp³-hybridized carbons (Fsp3) is 1.00. The molecular weight excluding hydrogens is 316 g/mol. The summed E-state index contributed by atoms with van der Waals surface area (Å²) in [5.41, 5.74) is 0. The first kappa shape index (κ1) is 16.6. The number of hydrogen-bond donors (Lipinski definition) is 1. The fourth-order valence-corrected chi connectivity index (χ4v) is 3.72. The molecule has 0 aromatic heterocycles. The summed E-state index contributed by atoms with van der Waals surface area (Å²) in [5.74, 6) is -2.04. The van der Waals surface area contributed by atoms with E-state index in [0.717, 1.165) is 0 Å². The van der Waals surface area contributed by atoms with Gasteiger partial charge in [-0.2, -0.15) is 8.42 Å². The maximum absolute atomic E-state index is 11.0. The molecule has 0 aromatic carbocycles. The van der Waals surface area contributed by atoms with Crippen LogP contribution in [0.4, 0.5) is 0 Å². The first-order chi connectivity index (χ1) is 9.96. The highest BCUT2D eigenvalue weighted by molar-refractivity contribution is 7.85. The molecule has 3 fully saturated rings. The van der Waals surface area contributed by atoms with Gasteiger partial charge in [0.25, 0.3) is 10.1 Å². The van der Waals surface area contributed by atoms with Crippen molar-refractivity contribution < 1.29 is 36.7 Å². The van der Waals surface area contributed by atoms with Crippen LogP contribution in [-0.2, 0) is 33.8 Å². The molecule has 3 rings (SSSR count). The summed E-state index contributed by atoms with van der Waals surface area (Å²) in [5, 5.41) is 0. The Morgan fingerprint density at radius 1 is 0.909 bits per heavy atom. The zero-order valence-electron chi connectivity index (χ0n) is 13.0. The van der Waals surface area contributed by atoms with Gasteiger partial charge in [0.05, 0.1) is 11.9 Å². The molecule has 0 amide bonds. The lowest BCUT2D eigenvalue weighted by Gasteiger charge is -2.37. The minimum absolute atomic E-state index is 0.0897.